The predicted molar refractivity (Wildman–Crippen MR) is 82.8 cm³/mol. The first kappa shape index (κ1) is 16.0. The molecule has 6 heteroatoms. The third kappa shape index (κ3) is 4.32. The maximum Gasteiger partial charge on any atom is 0.239 e. The molecule has 0 aliphatic heterocycles. The molecule has 1 aliphatic rings. The van der Waals surface area contributed by atoms with Crippen LogP contribution in [0.15, 0.2) is 12.3 Å². The minimum atomic E-state index is -0.309. The number of halogens is 1. The number of carbonyl (C=O) groups excluding carboxylic acids is 1. The fourth-order valence-corrected chi connectivity index (χ4v) is 2.20. The molecule has 2 rings (SSSR count). The van der Waals surface area contributed by atoms with Gasteiger partial charge in [-0.05, 0) is 32.9 Å². The van der Waals surface area contributed by atoms with Gasteiger partial charge in [-0.1, -0.05) is 11.6 Å². The van der Waals surface area contributed by atoms with Crippen LogP contribution >= 0.6 is 11.6 Å². The molecule has 0 radical (unpaired) electrons. The molecule has 1 unspecified atom stereocenters. The zero-order valence-electron chi connectivity index (χ0n) is 12.7. The van der Waals surface area contributed by atoms with E-state index in [1.807, 2.05) is 13.0 Å². The Morgan fingerprint density at radius 1 is 1.62 bits per heavy atom. The number of ether oxygens (including phenoxy) is 1. The van der Waals surface area contributed by atoms with Gasteiger partial charge in [-0.3, -0.25) is 4.79 Å². The highest BCUT2D eigenvalue weighted by Gasteiger charge is 2.27. The summed E-state index contributed by atoms with van der Waals surface area (Å²) in [6, 6.07) is 1.52. The normalized spacial score (nSPS) is 15.6. The van der Waals surface area contributed by atoms with E-state index in [2.05, 4.69) is 10.3 Å². The van der Waals surface area contributed by atoms with Crippen molar-refractivity contribution >= 4 is 17.5 Å². The van der Waals surface area contributed by atoms with E-state index >= 15 is 0 Å². The monoisotopic (exact) mass is 311 g/mol. The number of nitrogens with one attached hydrogen (secondary N) is 1. The number of amides is 1. The first-order valence-electron chi connectivity index (χ1n) is 7.28. The molecule has 0 saturated heterocycles. The molecule has 1 atom stereocenters. The summed E-state index contributed by atoms with van der Waals surface area (Å²) in [4.78, 5) is 18.3. The van der Waals surface area contributed by atoms with Crippen molar-refractivity contribution in [3.63, 3.8) is 0 Å². The summed E-state index contributed by atoms with van der Waals surface area (Å²) in [6.07, 6.45) is 4.49. The van der Waals surface area contributed by atoms with Gasteiger partial charge in [0.05, 0.1) is 11.1 Å². The summed E-state index contributed by atoms with van der Waals surface area (Å²) >= 11 is 6.03. The number of pyridine rings is 1. The fourth-order valence-electron chi connectivity index (χ4n) is 2.02. The molecule has 116 valence electrons. The molecule has 21 heavy (non-hydrogen) atoms. The predicted octanol–water partition coefficient (Wildman–Crippen LogP) is 1.88. The first-order valence-corrected chi connectivity index (χ1v) is 7.66. The molecule has 0 bridgehead atoms. The molecule has 1 aromatic rings. The van der Waals surface area contributed by atoms with Gasteiger partial charge in [0.2, 0.25) is 11.8 Å². The topological polar surface area (TPSA) is 54.5 Å². The molecule has 1 fully saturated rings. The van der Waals surface area contributed by atoms with Crippen LogP contribution in [-0.2, 0) is 11.2 Å². The largest absolute Gasteiger partial charge is 0.474 e. The van der Waals surface area contributed by atoms with E-state index in [-0.39, 0.29) is 18.1 Å². The molecule has 1 aromatic heterocycles. The minimum absolute atomic E-state index is 0.0531. The minimum Gasteiger partial charge on any atom is -0.474 e. The van der Waals surface area contributed by atoms with Crippen LogP contribution in [0.4, 0.5) is 0 Å². The van der Waals surface area contributed by atoms with Crippen LogP contribution in [-0.4, -0.2) is 48.6 Å². The van der Waals surface area contributed by atoms with Gasteiger partial charge >= 0.3 is 0 Å². The lowest BCUT2D eigenvalue weighted by atomic mass is 10.1. The lowest BCUT2D eigenvalue weighted by molar-refractivity contribution is -0.131. The van der Waals surface area contributed by atoms with Crippen molar-refractivity contribution < 1.29 is 9.53 Å². The van der Waals surface area contributed by atoms with E-state index in [9.17, 15) is 4.79 Å². The second-order valence-corrected chi connectivity index (χ2v) is 5.77. The van der Waals surface area contributed by atoms with E-state index < -0.39 is 0 Å². The van der Waals surface area contributed by atoms with Crippen molar-refractivity contribution in [3.05, 3.63) is 22.8 Å². The zero-order valence-corrected chi connectivity index (χ0v) is 13.5. The zero-order chi connectivity index (χ0) is 15.4. The van der Waals surface area contributed by atoms with Crippen molar-refractivity contribution in [2.75, 3.05) is 20.6 Å². The van der Waals surface area contributed by atoms with Crippen LogP contribution in [0.1, 0.15) is 25.3 Å². The Morgan fingerprint density at radius 3 is 2.90 bits per heavy atom. The Morgan fingerprint density at radius 2 is 2.33 bits per heavy atom. The lowest BCUT2D eigenvalue weighted by Crippen LogP contribution is -2.44. The number of rotatable bonds is 7. The van der Waals surface area contributed by atoms with E-state index in [4.69, 9.17) is 16.3 Å². The van der Waals surface area contributed by atoms with E-state index in [0.717, 1.165) is 18.4 Å². The second-order valence-electron chi connectivity index (χ2n) is 5.33. The maximum absolute atomic E-state index is 12.3. The molecule has 5 nitrogen and oxygen atoms in total. The summed E-state index contributed by atoms with van der Waals surface area (Å²) in [5.41, 5.74) is 0.867. The van der Waals surface area contributed by atoms with Crippen molar-refractivity contribution in [1.29, 1.82) is 0 Å². The van der Waals surface area contributed by atoms with Crippen LogP contribution in [0.25, 0.3) is 0 Å². The smallest absolute Gasteiger partial charge is 0.239 e. The van der Waals surface area contributed by atoms with Gasteiger partial charge in [-0.2, -0.15) is 0 Å². The highest BCUT2D eigenvalue weighted by molar-refractivity contribution is 6.30. The number of nitrogens with zero attached hydrogens (tertiary/aromatic N) is 2. The number of aromatic nitrogens is 1. The quantitative estimate of drug-likeness (QED) is 0.835. The van der Waals surface area contributed by atoms with Gasteiger partial charge in [0.1, 0.15) is 6.10 Å². The average Bonchev–Trinajstić information content (AvgIpc) is 3.29. The molecule has 1 amide bonds. The second kappa shape index (κ2) is 7.09. The van der Waals surface area contributed by atoms with Gasteiger partial charge in [0, 0.05) is 31.8 Å². The van der Waals surface area contributed by atoms with Crippen LogP contribution in [0, 0.1) is 0 Å². The van der Waals surface area contributed by atoms with Crippen LogP contribution in [0.3, 0.4) is 0 Å². The standard InChI is InChI=1S/C15H22ClN3O2/c1-4-19(3)15(20)13(17-2)8-10-7-11(16)9-18-14(10)21-12-5-6-12/h7,9,12-13,17H,4-6,8H2,1-3H3. The molecule has 1 aliphatic carbocycles. The van der Waals surface area contributed by atoms with E-state index in [0.29, 0.717) is 23.9 Å². The average molecular weight is 312 g/mol. The fraction of sp³-hybridized carbons (Fsp3) is 0.600. The summed E-state index contributed by atoms with van der Waals surface area (Å²) in [6.45, 7) is 2.63. The van der Waals surface area contributed by atoms with Crippen molar-refractivity contribution in [3.8, 4) is 5.88 Å². The summed E-state index contributed by atoms with van der Waals surface area (Å²) in [5, 5.41) is 3.62. The Kier molecular flexibility index (Phi) is 5.42. The molecule has 1 heterocycles. The molecular formula is C15H22ClN3O2. The van der Waals surface area contributed by atoms with Crippen LogP contribution in [0.5, 0.6) is 5.88 Å². The van der Waals surface area contributed by atoms with Gasteiger partial charge < -0.3 is 15.0 Å². The SMILES string of the molecule is CCN(C)C(=O)C(Cc1cc(Cl)cnc1OC1CC1)NC. The number of hydrogen-bond acceptors (Lipinski definition) is 4. The molecule has 0 aromatic carbocycles. The number of likely N-dealkylation sites (N-methyl/N-ethyl adjacent to an activating group) is 2. The van der Waals surface area contributed by atoms with Crippen molar-refractivity contribution in [2.24, 2.45) is 0 Å². The number of carbonyl (C=O) groups is 1. The van der Waals surface area contributed by atoms with E-state index in [1.54, 1.807) is 25.2 Å². The third-order valence-electron chi connectivity index (χ3n) is 3.62. The Hall–Kier alpha value is -1.33. The summed E-state index contributed by atoms with van der Waals surface area (Å²) < 4.78 is 5.80. The number of hydrogen-bond donors (Lipinski definition) is 1. The van der Waals surface area contributed by atoms with Crippen LogP contribution in [0.2, 0.25) is 5.02 Å². The van der Waals surface area contributed by atoms with E-state index in [1.165, 1.54) is 0 Å². The first-order chi connectivity index (χ1) is 10.0. The molecule has 1 N–H and O–H groups in total. The summed E-state index contributed by atoms with van der Waals surface area (Å²) in [5.74, 6) is 0.645. The third-order valence-corrected chi connectivity index (χ3v) is 3.82. The van der Waals surface area contributed by atoms with Gasteiger partial charge in [0.25, 0.3) is 0 Å². The van der Waals surface area contributed by atoms with Gasteiger partial charge in [-0.15, -0.1) is 0 Å². The Labute approximate surface area is 130 Å². The van der Waals surface area contributed by atoms with Crippen LogP contribution < -0.4 is 10.1 Å². The highest BCUT2D eigenvalue weighted by atomic mass is 35.5. The van der Waals surface area contributed by atoms with Gasteiger partial charge in [-0.25, -0.2) is 4.98 Å². The highest BCUT2D eigenvalue weighted by Crippen LogP contribution is 2.29. The maximum atomic E-state index is 12.3. The Balaban J connectivity index is 2.15. The van der Waals surface area contributed by atoms with Gasteiger partial charge in [0.15, 0.2) is 0 Å². The summed E-state index contributed by atoms with van der Waals surface area (Å²) in [7, 11) is 3.58. The molecular weight excluding hydrogens is 290 g/mol. The van der Waals surface area contributed by atoms with Crippen molar-refractivity contribution in [2.45, 2.75) is 38.3 Å². The Bertz CT molecular complexity index is 506. The lowest BCUT2D eigenvalue weighted by Gasteiger charge is -2.23. The van der Waals surface area contributed by atoms with Crippen molar-refractivity contribution in [1.82, 2.24) is 15.2 Å². The molecule has 1 saturated carbocycles. The molecule has 0 spiro atoms.